The van der Waals surface area contributed by atoms with Crippen molar-refractivity contribution in [2.45, 2.75) is 18.9 Å². The van der Waals surface area contributed by atoms with Crippen molar-refractivity contribution in [2.24, 2.45) is 5.92 Å². The van der Waals surface area contributed by atoms with Crippen LogP contribution in [0.5, 0.6) is 0 Å². The quantitative estimate of drug-likeness (QED) is 0.876. The van der Waals surface area contributed by atoms with E-state index in [0.717, 1.165) is 22.5 Å². The third-order valence-corrected chi connectivity index (χ3v) is 4.09. The van der Waals surface area contributed by atoms with Crippen LogP contribution >= 0.6 is 27.5 Å². The van der Waals surface area contributed by atoms with E-state index in [0.29, 0.717) is 5.02 Å². The zero-order valence-corrected chi connectivity index (χ0v) is 11.3. The van der Waals surface area contributed by atoms with Crippen LogP contribution in [-0.4, -0.2) is 18.3 Å². The normalized spacial score (nSPS) is 17.4. The molecule has 1 aromatic rings. The largest absolute Gasteiger partial charge is 0.394 e. The molecule has 1 atom stereocenters. The molecule has 88 valence electrons. The topological polar surface area (TPSA) is 32.3 Å². The van der Waals surface area contributed by atoms with Crippen LogP contribution in [0.15, 0.2) is 22.7 Å². The summed E-state index contributed by atoms with van der Waals surface area (Å²) in [5.41, 5.74) is 1.07. The molecule has 1 aromatic carbocycles. The summed E-state index contributed by atoms with van der Waals surface area (Å²) in [5.74, 6) is 0.810. The number of rotatable bonds is 5. The van der Waals surface area contributed by atoms with Crippen LogP contribution in [0.25, 0.3) is 0 Å². The van der Waals surface area contributed by atoms with Gasteiger partial charge in [-0.2, -0.15) is 0 Å². The molecule has 1 saturated carbocycles. The van der Waals surface area contributed by atoms with Crippen molar-refractivity contribution in [3.63, 3.8) is 0 Å². The Morgan fingerprint density at radius 2 is 2.25 bits per heavy atom. The number of aliphatic hydroxyl groups excluding tert-OH is 1. The Morgan fingerprint density at radius 3 is 2.81 bits per heavy atom. The summed E-state index contributed by atoms with van der Waals surface area (Å²) >= 11 is 9.33. The van der Waals surface area contributed by atoms with Crippen molar-refractivity contribution in [1.82, 2.24) is 5.32 Å². The highest BCUT2D eigenvalue weighted by molar-refractivity contribution is 9.10. The first-order chi connectivity index (χ1) is 7.70. The van der Waals surface area contributed by atoms with Crippen LogP contribution in [-0.2, 0) is 0 Å². The van der Waals surface area contributed by atoms with E-state index < -0.39 is 0 Å². The van der Waals surface area contributed by atoms with Gasteiger partial charge in [-0.05, 0) is 58.9 Å². The van der Waals surface area contributed by atoms with Crippen molar-refractivity contribution in [1.29, 1.82) is 0 Å². The van der Waals surface area contributed by atoms with Crippen LogP contribution in [0.2, 0.25) is 5.02 Å². The Bertz CT molecular complexity index is 368. The van der Waals surface area contributed by atoms with Gasteiger partial charge >= 0.3 is 0 Å². The van der Waals surface area contributed by atoms with Gasteiger partial charge in [0.2, 0.25) is 0 Å². The van der Waals surface area contributed by atoms with E-state index in [9.17, 15) is 5.11 Å². The average molecular weight is 305 g/mol. The molecule has 0 heterocycles. The molecule has 1 fully saturated rings. The molecule has 2 nitrogen and oxygen atoms in total. The van der Waals surface area contributed by atoms with E-state index in [1.54, 1.807) is 0 Å². The summed E-state index contributed by atoms with van der Waals surface area (Å²) in [6.45, 7) is 1.10. The molecule has 0 aliphatic heterocycles. The number of aliphatic hydroxyl groups is 1. The summed E-state index contributed by atoms with van der Waals surface area (Å²) in [6.07, 6.45) is 2.63. The standard InChI is InChI=1S/C12H15BrClNO/c13-10-5-9(3-4-11(10)14)12(7-16)15-6-8-1-2-8/h3-5,8,12,15-16H,1-2,6-7H2. The molecule has 0 spiro atoms. The van der Waals surface area contributed by atoms with Crippen LogP contribution in [0.4, 0.5) is 0 Å². The van der Waals surface area contributed by atoms with Gasteiger partial charge in [-0.1, -0.05) is 17.7 Å². The molecule has 1 aliphatic rings. The fraction of sp³-hybridized carbons (Fsp3) is 0.500. The van der Waals surface area contributed by atoms with Gasteiger partial charge in [0.05, 0.1) is 17.7 Å². The lowest BCUT2D eigenvalue weighted by Gasteiger charge is -2.17. The maximum Gasteiger partial charge on any atom is 0.0626 e. The summed E-state index contributed by atoms with van der Waals surface area (Å²) in [6, 6.07) is 5.77. The Morgan fingerprint density at radius 1 is 1.50 bits per heavy atom. The van der Waals surface area contributed by atoms with Crippen LogP contribution < -0.4 is 5.32 Å². The van der Waals surface area contributed by atoms with Crippen molar-refractivity contribution in [2.75, 3.05) is 13.2 Å². The maximum atomic E-state index is 9.36. The fourth-order valence-corrected chi connectivity index (χ4v) is 2.16. The highest BCUT2D eigenvalue weighted by Crippen LogP contribution is 2.29. The van der Waals surface area contributed by atoms with Gasteiger partial charge in [-0.15, -0.1) is 0 Å². The molecule has 0 saturated heterocycles. The number of hydrogen-bond donors (Lipinski definition) is 2. The lowest BCUT2D eigenvalue weighted by molar-refractivity contribution is 0.243. The van der Waals surface area contributed by atoms with E-state index in [-0.39, 0.29) is 12.6 Å². The third-order valence-electron chi connectivity index (χ3n) is 2.88. The number of halogens is 2. The lowest BCUT2D eigenvalue weighted by atomic mass is 10.1. The minimum Gasteiger partial charge on any atom is -0.394 e. The van der Waals surface area contributed by atoms with Crippen LogP contribution in [0.1, 0.15) is 24.4 Å². The second kappa shape index (κ2) is 5.50. The van der Waals surface area contributed by atoms with E-state index in [2.05, 4.69) is 21.2 Å². The monoisotopic (exact) mass is 303 g/mol. The first-order valence-corrected chi connectivity index (χ1v) is 6.67. The number of nitrogens with one attached hydrogen (secondary N) is 1. The van der Waals surface area contributed by atoms with Gasteiger partial charge in [0.15, 0.2) is 0 Å². The summed E-state index contributed by atoms with van der Waals surface area (Å²) in [4.78, 5) is 0. The van der Waals surface area contributed by atoms with E-state index in [1.165, 1.54) is 12.8 Å². The first-order valence-electron chi connectivity index (χ1n) is 5.50. The summed E-state index contributed by atoms with van der Waals surface area (Å²) in [7, 11) is 0. The molecular weight excluding hydrogens is 289 g/mol. The van der Waals surface area contributed by atoms with Crippen LogP contribution in [0.3, 0.4) is 0 Å². The Balaban J connectivity index is 2.02. The zero-order valence-electron chi connectivity index (χ0n) is 8.92. The van der Waals surface area contributed by atoms with Crippen molar-refractivity contribution in [3.05, 3.63) is 33.3 Å². The van der Waals surface area contributed by atoms with Gasteiger partial charge in [0, 0.05) is 4.47 Å². The molecule has 4 heteroatoms. The predicted molar refractivity (Wildman–Crippen MR) is 69.7 cm³/mol. The molecule has 2 rings (SSSR count). The molecule has 0 radical (unpaired) electrons. The SMILES string of the molecule is OCC(NCC1CC1)c1ccc(Cl)c(Br)c1. The summed E-state index contributed by atoms with van der Waals surface area (Å²) < 4.78 is 0.873. The number of hydrogen-bond acceptors (Lipinski definition) is 2. The molecule has 1 unspecified atom stereocenters. The average Bonchev–Trinajstić information content (AvgIpc) is 3.08. The van der Waals surface area contributed by atoms with E-state index in [4.69, 9.17) is 11.6 Å². The van der Waals surface area contributed by atoms with Gasteiger partial charge in [0.25, 0.3) is 0 Å². The van der Waals surface area contributed by atoms with Gasteiger partial charge in [0.1, 0.15) is 0 Å². The fourth-order valence-electron chi connectivity index (χ4n) is 1.65. The molecule has 2 N–H and O–H groups in total. The van der Waals surface area contributed by atoms with Gasteiger partial charge in [-0.3, -0.25) is 0 Å². The minimum atomic E-state index is 0.00849. The van der Waals surface area contributed by atoms with Crippen molar-refractivity contribution < 1.29 is 5.11 Å². The van der Waals surface area contributed by atoms with Crippen molar-refractivity contribution >= 4 is 27.5 Å². The molecule has 0 aromatic heterocycles. The first kappa shape index (κ1) is 12.4. The highest BCUT2D eigenvalue weighted by atomic mass is 79.9. The number of benzene rings is 1. The highest BCUT2D eigenvalue weighted by Gasteiger charge is 2.22. The third kappa shape index (κ3) is 3.20. The molecule has 16 heavy (non-hydrogen) atoms. The van der Waals surface area contributed by atoms with Gasteiger partial charge < -0.3 is 10.4 Å². The van der Waals surface area contributed by atoms with Crippen LogP contribution in [0, 0.1) is 5.92 Å². The van der Waals surface area contributed by atoms with Gasteiger partial charge in [-0.25, -0.2) is 0 Å². The lowest BCUT2D eigenvalue weighted by Crippen LogP contribution is -2.26. The Kier molecular flexibility index (Phi) is 4.25. The second-order valence-electron chi connectivity index (χ2n) is 4.26. The second-order valence-corrected chi connectivity index (χ2v) is 5.52. The molecular formula is C12H15BrClNO. The Hall–Kier alpha value is -0.0900. The predicted octanol–water partition coefficient (Wildman–Crippen LogP) is 3.14. The molecule has 1 aliphatic carbocycles. The smallest absolute Gasteiger partial charge is 0.0626 e. The summed E-state index contributed by atoms with van der Waals surface area (Å²) in [5, 5.41) is 13.4. The zero-order chi connectivity index (χ0) is 11.5. The van der Waals surface area contributed by atoms with E-state index >= 15 is 0 Å². The maximum absolute atomic E-state index is 9.36. The van der Waals surface area contributed by atoms with Crippen molar-refractivity contribution in [3.8, 4) is 0 Å². The van der Waals surface area contributed by atoms with E-state index in [1.807, 2.05) is 18.2 Å². The Labute approximate surface area is 109 Å². The molecule has 0 amide bonds. The minimum absolute atomic E-state index is 0.00849. The molecule has 0 bridgehead atoms.